The van der Waals surface area contributed by atoms with E-state index in [1.807, 2.05) is 6.92 Å². The second kappa shape index (κ2) is 6.71. The number of piperidine rings is 1. The predicted octanol–water partition coefficient (Wildman–Crippen LogP) is 2.60. The Morgan fingerprint density at radius 3 is 2.47 bits per heavy atom. The molecule has 1 heterocycles. The maximum atomic E-state index is 11.4. The highest BCUT2D eigenvalue weighted by Crippen LogP contribution is 2.27. The molecule has 0 aliphatic carbocycles. The van der Waals surface area contributed by atoms with Gasteiger partial charge in [-0.05, 0) is 56.9 Å². The molecular weight excluding hydrogens is 238 g/mol. The van der Waals surface area contributed by atoms with Gasteiger partial charge >= 0.3 is 5.97 Å². The van der Waals surface area contributed by atoms with Crippen LogP contribution < -0.4 is 0 Å². The topological polar surface area (TPSA) is 29.5 Å². The van der Waals surface area contributed by atoms with Crippen molar-refractivity contribution in [2.24, 2.45) is 0 Å². The summed E-state index contributed by atoms with van der Waals surface area (Å²) in [5.41, 5.74) is 2.44. The second-order valence-electron chi connectivity index (χ2n) is 5.30. The van der Waals surface area contributed by atoms with Crippen molar-refractivity contribution in [1.29, 1.82) is 0 Å². The minimum atomic E-state index is -0.144. The van der Waals surface area contributed by atoms with Crippen LogP contribution in [0, 0.1) is 0 Å². The first-order valence-electron chi connectivity index (χ1n) is 7.12. The van der Waals surface area contributed by atoms with E-state index in [-0.39, 0.29) is 5.97 Å². The number of hydrogen-bond acceptors (Lipinski definition) is 3. The molecule has 0 atom stereocenters. The highest BCUT2D eigenvalue weighted by atomic mass is 16.5. The van der Waals surface area contributed by atoms with Crippen molar-refractivity contribution in [1.82, 2.24) is 4.90 Å². The van der Waals surface area contributed by atoms with Gasteiger partial charge in [0, 0.05) is 0 Å². The van der Waals surface area contributed by atoms with Gasteiger partial charge in [-0.2, -0.15) is 0 Å². The molecular formula is C16H23NO2. The summed E-state index contributed by atoms with van der Waals surface area (Å²) in [5, 5.41) is 0. The number of ether oxygens (including phenoxy) is 1. The zero-order valence-corrected chi connectivity index (χ0v) is 11.9. The van der Waals surface area contributed by atoms with Gasteiger partial charge < -0.3 is 9.64 Å². The van der Waals surface area contributed by atoms with Crippen molar-refractivity contribution in [2.45, 2.75) is 32.1 Å². The number of hydrogen-bond donors (Lipinski definition) is 0. The Labute approximate surface area is 115 Å². The molecule has 3 nitrogen and oxygen atoms in total. The van der Waals surface area contributed by atoms with Gasteiger partial charge in [0.15, 0.2) is 0 Å². The quantitative estimate of drug-likeness (QED) is 0.780. The molecule has 0 amide bonds. The van der Waals surface area contributed by atoms with Gasteiger partial charge in [0.25, 0.3) is 0 Å². The van der Waals surface area contributed by atoms with Crippen molar-refractivity contribution in [3.05, 3.63) is 35.4 Å². The molecule has 0 aromatic heterocycles. The average molecular weight is 261 g/mol. The van der Waals surface area contributed by atoms with Crippen molar-refractivity contribution in [2.75, 3.05) is 26.7 Å². The third-order valence-corrected chi connectivity index (χ3v) is 3.82. The Morgan fingerprint density at radius 2 is 1.89 bits per heavy atom. The molecule has 1 aromatic rings. The normalized spacial score (nSPS) is 17.4. The lowest BCUT2D eigenvalue weighted by molar-refractivity contribution is -0.142. The Hall–Kier alpha value is -1.35. The summed E-state index contributed by atoms with van der Waals surface area (Å²) in [6.07, 6.45) is 2.84. The fraction of sp³-hybridized carbons (Fsp3) is 0.562. The van der Waals surface area contributed by atoms with E-state index in [2.05, 4.69) is 36.2 Å². The van der Waals surface area contributed by atoms with E-state index in [4.69, 9.17) is 4.74 Å². The number of esters is 1. The molecule has 2 rings (SSSR count). The zero-order chi connectivity index (χ0) is 13.7. The minimum Gasteiger partial charge on any atom is -0.466 e. The van der Waals surface area contributed by atoms with Gasteiger partial charge in [0.1, 0.15) is 0 Å². The van der Waals surface area contributed by atoms with E-state index in [0.29, 0.717) is 18.9 Å². The largest absolute Gasteiger partial charge is 0.466 e. The van der Waals surface area contributed by atoms with Gasteiger partial charge in [0.05, 0.1) is 13.0 Å². The lowest BCUT2D eigenvalue weighted by atomic mass is 9.89. The maximum absolute atomic E-state index is 11.4. The van der Waals surface area contributed by atoms with Crippen LogP contribution in [0.2, 0.25) is 0 Å². The molecule has 104 valence electrons. The first-order valence-corrected chi connectivity index (χ1v) is 7.12. The van der Waals surface area contributed by atoms with Crippen molar-refractivity contribution in [3.63, 3.8) is 0 Å². The third kappa shape index (κ3) is 4.06. The lowest BCUT2D eigenvalue weighted by Gasteiger charge is -2.29. The standard InChI is InChI=1S/C16H23NO2/c1-3-19-16(18)12-13-4-6-14(7-5-13)15-8-10-17(2)11-9-15/h4-7,15H,3,8-12H2,1-2H3. The summed E-state index contributed by atoms with van der Waals surface area (Å²) in [6.45, 7) is 4.64. The van der Waals surface area contributed by atoms with Crippen LogP contribution in [0.5, 0.6) is 0 Å². The predicted molar refractivity (Wildman–Crippen MR) is 76.3 cm³/mol. The van der Waals surface area contributed by atoms with Gasteiger partial charge in [-0.1, -0.05) is 24.3 Å². The molecule has 1 aromatic carbocycles. The minimum absolute atomic E-state index is 0.144. The molecule has 3 heteroatoms. The van der Waals surface area contributed by atoms with Crippen LogP contribution in [0.3, 0.4) is 0 Å². The molecule has 0 radical (unpaired) electrons. The number of benzene rings is 1. The average Bonchev–Trinajstić information content (AvgIpc) is 2.41. The first-order chi connectivity index (χ1) is 9.19. The molecule has 1 aliphatic heterocycles. The number of carbonyl (C=O) groups is 1. The van der Waals surface area contributed by atoms with Gasteiger partial charge in [-0.25, -0.2) is 0 Å². The van der Waals surface area contributed by atoms with Crippen LogP contribution >= 0.6 is 0 Å². The van der Waals surface area contributed by atoms with Crippen LogP contribution in [0.25, 0.3) is 0 Å². The zero-order valence-electron chi connectivity index (χ0n) is 11.9. The molecule has 0 spiro atoms. The summed E-state index contributed by atoms with van der Waals surface area (Å²) in [5.74, 6) is 0.530. The van der Waals surface area contributed by atoms with E-state index >= 15 is 0 Å². The van der Waals surface area contributed by atoms with Crippen molar-refractivity contribution < 1.29 is 9.53 Å². The lowest BCUT2D eigenvalue weighted by Crippen LogP contribution is -2.29. The van der Waals surface area contributed by atoms with E-state index in [1.165, 1.54) is 31.5 Å². The molecule has 1 fully saturated rings. The number of rotatable bonds is 4. The first kappa shape index (κ1) is 14.1. The number of likely N-dealkylation sites (tertiary alicyclic amines) is 1. The Bertz CT molecular complexity index is 405. The summed E-state index contributed by atoms with van der Waals surface area (Å²) in [4.78, 5) is 13.8. The maximum Gasteiger partial charge on any atom is 0.310 e. The summed E-state index contributed by atoms with van der Waals surface area (Å²) >= 11 is 0. The van der Waals surface area contributed by atoms with Crippen LogP contribution in [0.4, 0.5) is 0 Å². The molecule has 19 heavy (non-hydrogen) atoms. The number of nitrogens with zero attached hydrogens (tertiary/aromatic N) is 1. The summed E-state index contributed by atoms with van der Waals surface area (Å²) in [6, 6.07) is 8.46. The second-order valence-corrected chi connectivity index (χ2v) is 5.30. The SMILES string of the molecule is CCOC(=O)Cc1ccc(C2CCN(C)CC2)cc1. The molecule has 0 unspecified atom stereocenters. The van der Waals surface area contributed by atoms with Crippen LogP contribution in [0.15, 0.2) is 24.3 Å². The highest BCUT2D eigenvalue weighted by Gasteiger charge is 2.18. The van der Waals surface area contributed by atoms with Gasteiger partial charge in [-0.15, -0.1) is 0 Å². The molecule has 1 saturated heterocycles. The van der Waals surface area contributed by atoms with Crippen LogP contribution in [-0.2, 0) is 16.0 Å². The van der Waals surface area contributed by atoms with E-state index in [9.17, 15) is 4.79 Å². The highest BCUT2D eigenvalue weighted by molar-refractivity contribution is 5.72. The van der Waals surface area contributed by atoms with E-state index in [1.54, 1.807) is 0 Å². The molecule has 0 N–H and O–H groups in total. The molecule has 1 aliphatic rings. The van der Waals surface area contributed by atoms with Crippen molar-refractivity contribution >= 4 is 5.97 Å². The fourth-order valence-electron chi connectivity index (χ4n) is 2.63. The molecule has 0 saturated carbocycles. The van der Waals surface area contributed by atoms with Gasteiger partial charge in [0.2, 0.25) is 0 Å². The summed E-state index contributed by atoms with van der Waals surface area (Å²) in [7, 11) is 2.18. The van der Waals surface area contributed by atoms with Crippen LogP contribution in [-0.4, -0.2) is 37.6 Å². The number of carbonyl (C=O) groups excluding carboxylic acids is 1. The Kier molecular flexibility index (Phi) is 4.97. The smallest absolute Gasteiger partial charge is 0.310 e. The van der Waals surface area contributed by atoms with Crippen molar-refractivity contribution in [3.8, 4) is 0 Å². The Balaban J connectivity index is 1.92. The monoisotopic (exact) mass is 261 g/mol. The third-order valence-electron chi connectivity index (χ3n) is 3.82. The summed E-state index contributed by atoms with van der Waals surface area (Å²) < 4.78 is 4.96. The van der Waals surface area contributed by atoms with E-state index < -0.39 is 0 Å². The molecule has 0 bridgehead atoms. The fourth-order valence-corrected chi connectivity index (χ4v) is 2.63. The van der Waals surface area contributed by atoms with E-state index in [0.717, 1.165) is 5.56 Å². The Morgan fingerprint density at radius 1 is 1.26 bits per heavy atom. The van der Waals surface area contributed by atoms with Gasteiger partial charge in [-0.3, -0.25) is 4.79 Å². The van der Waals surface area contributed by atoms with Crippen LogP contribution in [0.1, 0.15) is 36.8 Å².